The Morgan fingerprint density at radius 2 is 1.76 bits per heavy atom. The standard InChI is InChI=1S/C26H23F3N2O2/c1-16(32)21-5-3-4-6-22(21)19-10-13-23-24(15-19)31-25(30-23)14-9-18-7-11-20(12-8-18)33-17(2)26(27,28)29/h3-8,10-13,15,17H,9,14H2,1-2H3,(H,30,31). The number of nitrogens with zero attached hydrogens (tertiary/aromatic N) is 1. The van der Waals surface area contributed by atoms with Crippen molar-refractivity contribution >= 4 is 16.8 Å². The average molecular weight is 452 g/mol. The lowest BCUT2D eigenvalue weighted by Gasteiger charge is -2.17. The number of carbonyl (C=O) groups excluding carboxylic acids is 1. The molecular formula is C26H23F3N2O2. The van der Waals surface area contributed by atoms with Gasteiger partial charge in [-0.3, -0.25) is 4.79 Å². The van der Waals surface area contributed by atoms with Crippen LogP contribution >= 0.6 is 0 Å². The molecule has 1 atom stereocenters. The van der Waals surface area contributed by atoms with Crippen LogP contribution in [-0.2, 0) is 12.8 Å². The number of hydrogen-bond acceptors (Lipinski definition) is 3. The normalized spacial score (nSPS) is 12.6. The van der Waals surface area contributed by atoms with E-state index in [4.69, 9.17) is 4.74 Å². The van der Waals surface area contributed by atoms with Crippen LogP contribution in [0.5, 0.6) is 5.75 Å². The van der Waals surface area contributed by atoms with Crippen LogP contribution in [0.25, 0.3) is 22.2 Å². The molecule has 4 rings (SSSR count). The van der Waals surface area contributed by atoms with Gasteiger partial charge in [-0.25, -0.2) is 4.98 Å². The van der Waals surface area contributed by atoms with Gasteiger partial charge in [-0.1, -0.05) is 42.5 Å². The first-order valence-electron chi connectivity index (χ1n) is 10.6. The maximum absolute atomic E-state index is 12.6. The van der Waals surface area contributed by atoms with Gasteiger partial charge in [0.25, 0.3) is 0 Å². The summed E-state index contributed by atoms with van der Waals surface area (Å²) in [5, 5.41) is 0. The predicted molar refractivity (Wildman–Crippen MR) is 122 cm³/mol. The molecule has 0 amide bonds. The second-order valence-electron chi connectivity index (χ2n) is 7.96. The van der Waals surface area contributed by atoms with Gasteiger partial charge in [0.15, 0.2) is 11.9 Å². The summed E-state index contributed by atoms with van der Waals surface area (Å²) in [7, 11) is 0. The van der Waals surface area contributed by atoms with Crippen molar-refractivity contribution in [3.8, 4) is 16.9 Å². The van der Waals surface area contributed by atoms with Crippen molar-refractivity contribution in [2.75, 3.05) is 0 Å². The molecule has 0 aliphatic rings. The highest BCUT2D eigenvalue weighted by atomic mass is 19.4. The van der Waals surface area contributed by atoms with Crippen LogP contribution in [0.1, 0.15) is 35.6 Å². The molecular weight excluding hydrogens is 429 g/mol. The molecule has 0 saturated heterocycles. The zero-order chi connectivity index (χ0) is 23.6. The number of ketones is 1. The number of imidazole rings is 1. The Balaban J connectivity index is 1.45. The van der Waals surface area contributed by atoms with E-state index >= 15 is 0 Å². The van der Waals surface area contributed by atoms with Crippen LogP contribution in [0, 0.1) is 0 Å². The smallest absolute Gasteiger partial charge is 0.425 e. The second kappa shape index (κ2) is 9.10. The van der Waals surface area contributed by atoms with E-state index < -0.39 is 12.3 Å². The Bertz CT molecular complexity index is 1280. The van der Waals surface area contributed by atoms with Gasteiger partial charge in [0, 0.05) is 12.0 Å². The van der Waals surface area contributed by atoms with E-state index in [2.05, 4.69) is 9.97 Å². The molecule has 1 aromatic heterocycles. The third-order valence-electron chi connectivity index (χ3n) is 5.50. The molecule has 0 aliphatic heterocycles. The van der Waals surface area contributed by atoms with E-state index in [0.717, 1.165) is 40.5 Å². The van der Waals surface area contributed by atoms with Gasteiger partial charge in [-0.2, -0.15) is 13.2 Å². The van der Waals surface area contributed by atoms with E-state index in [1.807, 2.05) is 42.5 Å². The fourth-order valence-corrected chi connectivity index (χ4v) is 3.66. The number of aromatic amines is 1. The minimum atomic E-state index is -4.39. The monoisotopic (exact) mass is 452 g/mol. The molecule has 0 aliphatic carbocycles. The number of benzene rings is 3. The van der Waals surface area contributed by atoms with Crippen molar-refractivity contribution < 1.29 is 22.7 Å². The third-order valence-corrected chi connectivity index (χ3v) is 5.50. The summed E-state index contributed by atoms with van der Waals surface area (Å²) in [5.41, 5.74) is 5.18. The van der Waals surface area contributed by atoms with Crippen LogP contribution in [0.4, 0.5) is 13.2 Å². The summed E-state index contributed by atoms with van der Waals surface area (Å²) in [6.07, 6.45) is -4.93. The average Bonchev–Trinajstić information content (AvgIpc) is 3.20. The van der Waals surface area contributed by atoms with Gasteiger partial charge in [0.05, 0.1) is 11.0 Å². The number of alkyl halides is 3. The van der Waals surface area contributed by atoms with Gasteiger partial charge < -0.3 is 9.72 Å². The molecule has 0 fully saturated rings. The molecule has 0 saturated carbocycles. The van der Waals surface area contributed by atoms with Gasteiger partial charge >= 0.3 is 6.18 Å². The maximum Gasteiger partial charge on any atom is 0.425 e. The summed E-state index contributed by atoms with van der Waals surface area (Å²) >= 11 is 0. The number of ether oxygens (including phenoxy) is 1. The topological polar surface area (TPSA) is 55.0 Å². The number of rotatable bonds is 7. The number of hydrogen-bond donors (Lipinski definition) is 1. The van der Waals surface area contributed by atoms with Crippen molar-refractivity contribution in [3.05, 3.63) is 83.7 Å². The predicted octanol–water partition coefficient (Wildman–Crippen LogP) is 6.55. The molecule has 170 valence electrons. The van der Waals surface area contributed by atoms with Crippen LogP contribution in [0.15, 0.2) is 66.7 Å². The summed E-state index contributed by atoms with van der Waals surface area (Å²) in [4.78, 5) is 19.9. The molecule has 3 aromatic carbocycles. The second-order valence-corrected chi connectivity index (χ2v) is 7.96. The van der Waals surface area contributed by atoms with Crippen molar-refractivity contribution in [2.45, 2.75) is 39.0 Å². The van der Waals surface area contributed by atoms with Gasteiger partial charge in [-0.15, -0.1) is 0 Å². The van der Waals surface area contributed by atoms with Crippen molar-refractivity contribution in [1.29, 1.82) is 0 Å². The van der Waals surface area contributed by atoms with Crippen molar-refractivity contribution in [2.24, 2.45) is 0 Å². The lowest BCUT2D eigenvalue weighted by molar-refractivity contribution is -0.189. The fraction of sp³-hybridized carbons (Fsp3) is 0.231. The van der Waals surface area contributed by atoms with Gasteiger partial charge in [0.1, 0.15) is 11.6 Å². The highest BCUT2D eigenvalue weighted by Gasteiger charge is 2.38. The first-order chi connectivity index (χ1) is 15.7. The molecule has 0 bridgehead atoms. The van der Waals surface area contributed by atoms with Crippen molar-refractivity contribution in [1.82, 2.24) is 9.97 Å². The Kier molecular flexibility index (Phi) is 6.22. The van der Waals surface area contributed by atoms with Gasteiger partial charge in [-0.05, 0) is 61.2 Å². The van der Waals surface area contributed by atoms with Crippen LogP contribution in [0.2, 0.25) is 0 Å². The Labute approximate surface area is 189 Å². The third kappa shape index (κ3) is 5.25. The number of halogens is 3. The molecule has 4 nitrogen and oxygen atoms in total. The first kappa shape index (κ1) is 22.6. The first-order valence-corrected chi connectivity index (χ1v) is 10.6. The van der Waals surface area contributed by atoms with E-state index in [9.17, 15) is 18.0 Å². The van der Waals surface area contributed by atoms with Crippen LogP contribution < -0.4 is 4.74 Å². The number of carbonyl (C=O) groups is 1. The summed E-state index contributed by atoms with van der Waals surface area (Å²) in [5.74, 6) is 1.01. The van der Waals surface area contributed by atoms with E-state index in [-0.39, 0.29) is 11.5 Å². The molecule has 1 heterocycles. The SMILES string of the molecule is CC(=O)c1ccccc1-c1ccc2nc(CCc3ccc(OC(C)C(F)(F)F)cc3)[nH]c2c1. The largest absolute Gasteiger partial charge is 0.481 e. The quantitative estimate of drug-likeness (QED) is 0.324. The van der Waals surface area contributed by atoms with E-state index in [1.54, 1.807) is 31.2 Å². The zero-order valence-corrected chi connectivity index (χ0v) is 18.2. The molecule has 0 spiro atoms. The van der Waals surface area contributed by atoms with E-state index in [0.29, 0.717) is 18.4 Å². The highest BCUT2D eigenvalue weighted by molar-refractivity contribution is 6.01. The van der Waals surface area contributed by atoms with Crippen LogP contribution in [0.3, 0.4) is 0 Å². The molecule has 33 heavy (non-hydrogen) atoms. The number of Topliss-reactive ketones (excluding diaryl/α,β-unsaturated/α-hetero) is 1. The Hall–Kier alpha value is -3.61. The maximum atomic E-state index is 12.6. The van der Waals surface area contributed by atoms with E-state index in [1.165, 1.54) is 0 Å². The van der Waals surface area contributed by atoms with Gasteiger partial charge in [0.2, 0.25) is 0 Å². The Morgan fingerprint density at radius 3 is 2.45 bits per heavy atom. The fourth-order valence-electron chi connectivity index (χ4n) is 3.66. The number of fused-ring (bicyclic) bond motifs is 1. The highest BCUT2D eigenvalue weighted by Crippen LogP contribution is 2.28. The summed E-state index contributed by atoms with van der Waals surface area (Å²) in [6.45, 7) is 2.54. The number of H-pyrrole nitrogens is 1. The molecule has 1 unspecified atom stereocenters. The summed E-state index contributed by atoms with van der Waals surface area (Å²) < 4.78 is 42.9. The number of aryl methyl sites for hydroxylation is 2. The summed E-state index contributed by atoms with van der Waals surface area (Å²) in [6, 6.07) is 20.0. The zero-order valence-electron chi connectivity index (χ0n) is 18.2. The molecule has 0 radical (unpaired) electrons. The minimum absolute atomic E-state index is 0.0141. The number of nitrogens with one attached hydrogen (secondary N) is 1. The molecule has 4 aromatic rings. The molecule has 7 heteroatoms. The lowest BCUT2D eigenvalue weighted by atomic mass is 9.97. The lowest BCUT2D eigenvalue weighted by Crippen LogP contribution is -2.31. The molecule has 1 N–H and O–H groups in total. The van der Waals surface area contributed by atoms with Crippen molar-refractivity contribution in [3.63, 3.8) is 0 Å². The van der Waals surface area contributed by atoms with Crippen LogP contribution in [-0.4, -0.2) is 28.0 Å². The minimum Gasteiger partial charge on any atom is -0.481 e. The Morgan fingerprint density at radius 1 is 1.03 bits per heavy atom. The number of aromatic nitrogens is 2.